The number of likely N-dealkylation sites (N-methyl/N-ethyl adjacent to an activating group) is 1. The molecule has 11 heteroatoms. The summed E-state index contributed by atoms with van der Waals surface area (Å²) in [6.45, 7) is -0.373. The minimum absolute atomic E-state index is 0.0127. The summed E-state index contributed by atoms with van der Waals surface area (Å²) in [6.07, 6.45) is -0.890. The molecule has 11 nitrogen and oxygen atoms in total. The molecule has 33 heavy (non-hydrogen) atoms. The number of benzene rings is 2. The first kappa shape index (κ1) is 21.9. The van der Waals surface area contributed by atoms with Gasteiger partial charge in [-0.3, -0.25) is 14.1 Å². The summed E-state index contributed by atoms with van der Waals surface area (Å²) < 4.78 is 22.2. The van der Waals surface area contributed by atoms with Crippen molar-refractivity contribution >= 4 is 17.5 Å². The Balaban J connectivity index is 1.67. The van der Waals surface area contributed by atoms with E-state index in [1.165, 1.54) is 26.2 Å². The molecule has 0 aliphatic carbocycles. The summed E-state index contributed by atoms with van der Waals surface area (Å²) in [5, 5.41) is 6.36. The first-order chi connectivity index (χ1) is 16.0. The third-order valence-corrected chi connectivity index (χ3v) is 5.23. The number of aromatic nitrogens is 2. The number of para-hydroxylation sites is 2. The van der Waals surface area contributed by atoms with Crippen LogP contribution in [0.3, 0.4) is 0 Å². The van der Waals surface area contributed by atoms with Crippen molar-refractivity contribution in [1.82, 2.24) is 15.0 Å². The third kappa shape index (κ3) is 4.12. The Bertz CT molecular complexity index is 1250. The maximum Gasteiger partial charge on any atom is 0.442 e. The topological polar surface area (TPSA) is 125 Å². The Kier molecular flexibility index (Phi) is 6.03. The molecular formula is C22H22N4O7. The highest BCUT2D eigenvalue weighted by atomic mass is 16.5. The molecular weight excluding hydrogens is 432 g/mol. The number of amides is 2. The van der Waals surface area contributed by atoms with Crippen molar-refractivity contribution < 1.29 is 28.3 Å². The largest absolute Gasteiger partial charge is 0.493 e. The van der Waals surface area contributed by atoms with Gasteiger partial charge in [0.05, 0.1) is 26.5 Å². The van der Waals surface area contributed by atoms with Gasteiger partial charge in [-0.15, -0.1) is 0 Å². The van der Waals surface area contributed by atoms with Gasteiger partial charge in [0.1, 0.15) is 12.3 Å². The Morgan fingerprint density at radius 1 is 1.15 bits per heavy atom. The minimum Gasteiger partial charge on any atom is -0.493 e. The highest BCUT2D eigenvalue weighted by molar-refractivity contribution is 5.97. The van der Waals surface area contributed by atoms with Gasteiger partial charge in [-0.2, -0.15) is 0 Å². The zero-order chi connectivity index (χ0) is 23.5. The maximum absolute atomic E-state index is 13.3. The van der Waals surface area contributed by atoms with Crippen molar-refractivity contribution in [3.8, 4) is 28.6 Å². The minimum atomic E-state index is -0.890. The molecule has 1 atom stereocenters. The van der Waals surface area contributed by atoms with E-state index in [9.17, 15) is 14.4 Å². The SMILES string of the molecule is CNC(=O)C1CN(C(=O)Cn2c(-c3ccc(OC)c(OC)c3)noc2=O)c2ccccc2O1. The summed E-state index contributed by atoms with van der Waals surface area (Å²) in [7, 11) is 4.48. The van der Waals surface area contributed by atoms with Crippen LogP contribution in [0.1, 0.15) is 0 Å². The molecule has 1 N–H and O–H groups in total. The molecule has 0 radical (unpaired) electrons. The van der Waals surface area contributed by atoms with E-state index in [0.29, 0.717) is 28.5 Å². The van der Waals surface area contributed by atoms with E-state index >= 15 is 0 Å². The zero-order valence-electron chi connectivity index (χ0n) is 18.2. The van der Waals surface area contributed by atoms with Gasteiger partial charge in [-0.25, -0.2) is 9.36 Å². The predicted molar refractivity (Wildman–Crippen MR) is 117 cm³/mol. The molecule has 1 aliphatic heterocycles. The van der Waals surface area contributed by atoms with Crippen molar-refractivity contribution in [2.24, 2.45) is 0 Å². The molecule has 0 bridgehead atoms. The normalized spacial score (nSPS) is 14.8. The van der Waals surface area contributed by atoms with Crippen molar-refractivity contribution in [2.75, 3.05) is 32.7 Å². The molecule has 0 saturated heterocycles. The van der Waals surface area contributed by atoms with Crippen LogP contribution in [0.25, 0.3) is 11.4 Å². The van der Waals surface area contributed by atoms with Crippen LogP contribution >= 0.6 is 0 Å². The highest BCUT2D eigenvalue weighted by Gasteiger charge is 2.34. The van der Waals surface area contributed by atoms with Gasteiger partial charge in [-0.05, 0) is 30.3 Å². The average molecular weight is 454 g/mol. The molecule has 2 heterocycles. The third-order valence-electron chi connectivity index (χ3n) is 5.23. The van der Waals surface area contributed by atoms with Gasteiger partial charge >= 0.3 is 5.76 Å². The molecule has 0 saturated carbocycles. The Morgan fingerprint density at radius 2 is 1.91 bits per heavy atom. The van der Waals surface area contributed by atoms with Gasteiger partial charge < -0.3 is 24.4 Å². The van der Waals surface area contributed by atoms with Crippen molar-refractivity contribution in [3.05, 3.63) is 53.0 Å². The monoisotopic (exact) mass is 454 g/mol. The van der Waals surface area contributed by atoms with Crippen LogP contribution in [-0.4, -0.2) is 55.5 Å². The molecule has 0 fully saturated rings. The van der Waals surface area contributed by atoms with Crippen LogP contribution in [0.15, 0.2) is 51.8 Å². The summed E-state index contributed by atoms with van der Waals surface area (Å²) in [5.74, 6) is -0.124. The Labute approximate surface area is 188 Å². The van der Waals surface area contributed by atoms with Crippen LogP contribution < -0.4 is 30.2 Å². The first-order valence-corrected chi connectivity index (χ1v) is 10.0. The number of methoxy groups -OCH3 is 2. The molecule has 2 aromatic carbocycles. The van der Waals surface area contributed by atoms with Crippen LogP contribution in [0, 0.1) is 0 Å². The number of nitrogens with zero attached hydrogens (tertiary/aromatic N) is 3. The van der Waals surface area contributed by atoms with Gasteiger partial charge in [0.2, 0.25) is 5.91 Å². The van der Waals surface area contributed by atoms with E-state index in [1.54, 1.807) is 42.5 Å². The fraction of sp³-hybridized carbons (Fsp3) is 0.273. The van der Waals surface area contributed by atoms with E-state index in [1.807, 2.05) is 0 Å². The number of carbonyl (C=O) groups excluding carboxylic acids is 2. The second kappa shape index (κ2) is 9.07. The lowest BCUT2D eigenvalue weighted by atomic mass is 10.1. The second-order valence-corrected chi connectivity index (χ2v) is 7.12. The lowest BCUT2D eigenvalue weighted by Crippen LogP contribution is -2.51. The van der Waals surface area contributed by atoms with E-state index in [4.69, 9.17) is 18.7 Å². The molecule has 3 aromatic rings. The lowest BCUT2D eigenvalue weighted by Gasteiger charge is -2.34. The highest BCUT2D eigenvalue weighted by Crippen LogP contribution is 2.34. The van der Waals surface area contributed by atoms with Crippen LogP contribution in [-0.2, 0) is 16.1 Å². The van der Waals surface area contributed by atoms with E-state index < -0.39 is 17.8 Å². The lowest BCUT2D eigenvalue weighted by molar-refractivity contribution is -0.128. The molecule has 1 aromatic heterocycles. The fourth-order valence-electron chi connectivity index (χ4n) is 3.58. The van der Waals surface area contributed by atoms with Crippen LogP contribution in [0.2, 0.25) is 0 Å². The van der Waals surface area contributed by atoms with E-state index in [2.05, 4.69) is 10.5 Å². The van der Waals surface area contributed by atoms with Crippen LogP contribution in [0.5, 0.6) is 17.2 Å². The maximum atomic E-state index is 13.3. The number of ether oxygens (including phenoxy) is 3. The predicted octanol–water partition coefficient (Wildman–Crippen LogP) is 1.06. The summed E-state index contributed by atoms with van der Waals surface area (Å²) in [4.78, 5) is 39.3. The molecule has 2 amide bonds. The van der Waals surface area contributed by atoms with E-state index in [0.717, 1.165) is 4.57 Å². The number of fused-ring (bicyclic) bond motifs is 1. The fourth-order valence-corrected chi connectivity index (χ4v) is 3.58. The summed E-state index contributed by atoms with van der Waals surface area (Å²) >= 11 is 0. The molecule has 4 rings (SSSR count). The number of carbonyl (C=O) groups is 2. The molecule has 172 valence electrons. The summed E-state index contributed by atoms with van der Waals surface area (Å²) in [6, 6.07) is 11.8. The van der Waals surface area contributed by atoms with Crippen molar-refractivity contribution in [3.63, 3.8) is 0 Å². The average Bonchev–Trinajstić information content (AvgIpc) is 3.21. The van der Waals surface area contributed by atoms with Crippen LogP contribution in [0.4, 0.5) is 5.69 Å². The molecule has 1 aliphatic rings. The molecule has 0 spiro atoms. The number of hydrogen-bond acceptors (Lipinski definition) is 8. The van der Waals surface area contributed by atoms with Gasteiger partial charge in [-0.1, -0.05) is 17.3 Å². The van der Waals surface area contributed by atoms with E-state index in [-0.39, 0.29) is 24.8 Å². The van der Waals surface area contributed by atoms with Crippen molar-refractivity contribution in [1.29, 1.82) is 0 Å². The smallest absolute Gasteiger partial charge is 0.442 e. The second-order valence-electron chi connectivity index (χ2n) is 7.12. The van der Waals surface area contributed by atoms with Crippen molar-refractivity contribution in [2.45, 2.75) is 12.6 Å². The standard InChI is InChI=1S/C22H22N4O7/c1-23-21(28)18-11-25(14-6-4-5-7-15(14)32-18)19(27)12-26-20(24-33-22(26)29)13-8-9-16(30-2)17(10-13)31-3/h4-10,18H,11-12H2,1-3H3,(H,23,28). The Hall–Kier alpha value is -4.28. The summed E-state index contributed by atoms with van der Waals surface area (Å²) in [5.41, 5.74) is 0.997. The molecule has 1 unspecified atom stereocenters. The Morgan fingerprint density at radius 3 is 2.64 bits per heavy atom. The number of hydrogen-bond donors (Lipinski definition) is 1. The number of rotatable bonds is 6. The van der Waals surface area contributed by atoms with Gasteiger partial charge in [0.15, 0.2) is 23.4 Å². The first-order valence-electron chi connectivity index (χ1n) is 10.0. The van der Waals surface area contributed by atoms with Gasteiger partial charge in [0.25, 0.3) is 5.91 Å². The number of nitrogens with one attached hydrogen (secondary N) is 1. The van der Waals surface area contributed by atoms with Gasteiger partial charge in [0, 0.05) is 12.6 Å². The zero-order valence-corrected chi connectivity index (χ0v) is 18.2. The quantitative estimate of drug-likeness (QED) is 0.586. The number of anilines is 1.